The van der Waals surface area contributed by atoms with Crippen molar-refractivity contribution in [1.82, 2.24) is 14.9 Å². The normalized spacial score (nSPS) is 10.3. The molecule has 4 N–H and O–H groups in total. The number of nitrogen functional groups attached to an aromatic ring is 2. The molecule has 0 spiro atoms. The molecular formula is C9H10N6O3. The van der Waals surface area contributed by atoms with Crippen LogP contribution in [0, 0.1) is 10.1 Å². The zero-order chi connectivity index (χ0) is 13.3. The lowest BCUT2D eigenvalue weighted by Crippen LogP contribution is -2.13. The Kier molecular flexibility index (Phi) is 2.72. The second-order valence-corrected chi connectivity index (χ2v) is 3.40. The molecule has 9 nitrogen and oxygen atoms in total. The van der Waals surface area contributed by atoms with Crippen molar-refractivity contribution in [3.63, 3.8) is 0 Å². The molecule has 94 valence electrons. The predicted molar refractivity (Wildman–Crippen MR) is 63.2 cm³/mol. The van der Waals surface area contributed by atoms with Crippen molar-refractivity contribution in [2.75, 3.05) is 18.7 Å². The number of nitro groups is 1. The predicted octanol–water partition coefficient (Wildman–Crippen LogP) is 0.158. The van der Waals surface area contributed by atoms with Crippen LogP contribution in [-0.2, 0) is 0 Å². The molecule has 0 amide bonds. The number of nitrogens with zero attached hydrogens (tertiary/aromatic N) is 4. The van der Waals surface area contributed by atoms with Gasteiger partial charge in [-0.2, -0.15) is 0 Å². The minimum Gasteiger partial charge on any atom is -0.490 e. The Morgan fingerprint density at radius 1 is 1.44 bits per heavy atom. The van der Waals surface area contributed by atoms with Crippen LogP contribution < -0.4 is 16.3 Å². The van der Waals surface area contributed by atoms with E-state index < -0.39 is 4.92 Å². The monoisotopic (exact) mass is 250 g/mol. The summed E-state index contributed by atoms with van der Waals surface area (Å²) in [6.07, 6.45) is 0. The molecule has 0 saturated heterocycles. The van der Waals surface area contributed by atoms with Gasteiger partial charge in [0, 0.05) is 11.6 Å². The van der Waals surface area contributed by atoms with Gasteiger partial charge >= 0.3 is 5.69 Å². The molecule has 0 unspecified atom stereocenters. The van der Waals surface area contributed by atoms with E-state index in [2.05, 4.69) is 10.2 Å². The van der Waals surface area contributed by atoms with Crippen molar-refractivity contribution < 1.29 is 9.66 Å². The molecule has 2 rings (SSSR count). The average Bonchev–Trinajstić information content (AvgIpc) is 2.69. The minimum atomic E-state index is -0.538. The second kappa shape index (κ2) is 4.20. The van der Waals surface area contributed by atoms with Crippen LogP contribution in [0.5, 0.6) is 5.75 Å². The Hall–Kier alpha value is -2.84. The topological polar surface area (TPSA) is 135 Å². The number of benzene rings is 1. The average molecular weight is 250 g/mol. The van der Waals surface area contributed by atoms with Gasteiger partial charge in [0.05, 0.1) is 12.0 Å². The summed E-state index contributed by atoms with van der Waals surface area (Å²) in [6.45, 7) is 0. The third-order valence-corrected chi connectivity index (χ3v) is 2.36. The van der Waals surface area contributed by atoms with Gasteiger partial charge in [0.2, 0.25) is 5.95 Å². The molecule has 1 heterocycles. The van der Waals surface area contributed by atoms with Gasteiger partial charge in [-0.1, -0.05) is 0 Å². The van der Waals surface area contributed by atoms with Gasteiger partial charge < -0.3 is 16.3 Å². The first-order chi connectivity index (χ1) is 8.54. The lowest BCUT2D eigenvalue weighted by atomic mass is 10.2. The highest BCUT2D eigenvalue weighted by Gasteiger charge is 2.17. The van der Waals surface area contributed by atoms with E-state index in [-0.39, 0.29) is 17.4 Å². The zero-order valence-electron chi connectivity index (χ0n) is 9.40. The molecular weight excluding hydrogens is 240 g/mol. The standard InChI is InChI=1S/C9H10N6O3/c1-18-7-4-5(2-3-6(7)15(16)17)8-12-13-9(10)14(8)11/h2-4H,11H2,1H3,(H2,10,13). The van der Waals surface area contributed by atoms with E-state index in [9.17, 15) is 10.1 Å². The SMILES string of the molecule is COc1cc(-c2nnc(N)n2N)ccc1[N+](=O)[O-]. The fraction of sp³-hybridized carbons (Fsp3) is 0.111. The number of hydrogen-bond acceptors (Lipinski definition) is 7. The molecule has 2 aromatic rings. The molecule has 0 aliphatic rings. The maximum atomic E-state index is 10.7. The Labute approximate surface area is 101 Å². The van der Waals surface area contributed by atoms with Gasteiger partial charge in [-0.15, -0.1) is 10.2 Å². The smallest absolute Gasteiger partial charge is 0.310 e. The summed E-state index contributed by atoms with van der Waals surface area (Å²) in [5.41, 5.74) is 5.83. The fourth-order valence-electron chi connectivity index (χ4n) is 1.47. The first-order valence-corrected chi connectivity index (χ1v) is 4.83. The molecule has 1 aromatic heterocycles. The Balaban J connectivity index is 2.54. The number of ether oxygens (including phenoxy) is 1. The molecule has 0 aliphatic carbocycles. The van der Waals surface area contributed by atoms with Gasteiger partial charge in [-0.05, 0) is 12.1 Å². The van der Waals surface area contributed by atoms with Crippen molar-refractivity contribution in [3.05, 3.63) is 28.3 Å². The van der Waals surface area contributed by atoms with E-state index in [1.54, 1.807) is 0 Å². The fourth-order valence-corrected chi connectivity index (χ4v) is 1.47. The summed E-state index contributed by atoms with van der Waals surface area (Å²) in [6, 6.07) is 4.25. The van der Waals surface area contributed by atoms with E-state index in [0.717, 1.165) is 4.68 Å². The largest absolute Gasteiger partial charge is 0.490 e. The molecule has 0 aliphatic heterocycles. The third kappa shape index (κ3) is 1.77. The van der Waals surface area contributed by atoms with Crippen LogP contribution in [0.25, 0.3) is 11.4 Å². The summed E-state index contributed by atoms with van der Waals surface area (Å²) >= 11 is 0. The van der Waals surface area contributed by atoms with Crippen molar-refractivity contribution >= 4 is 11.6 Å². The minimum absolute atomic E-state index is 0.0438. The highest BCUT2D eigenvalue weighted by atomic mass is 16.6. The molecule has 0 fully saturated rings. The summed E-state index contributed by atoms with van der Waals surface area (Å²) < 4.78 is 6.03. The molecule has 9 heteroatoms. The van der Waals surface area contributed by atoms with Crippen LogP contribution in [0.15, 0.2) is 18.2 Å². The lowest BCUT2D eigenvalue weighted by molar-refractivity contribution is -0.385. The van der Waals surface area contributed by atoms with Gasteiger partial charge in [-0.3, -0.25) is 10.1 Å². The third-order valence-electron chi connectivity index (χ3n) is 2.36. The van der Waals surface area contributed by atoms with Crippen LogP contribution in [0.4, 0.5) is 11.6 Å². The van der Waals surface area contributed by atoms with Gasteiger partial charge in [-0.25, -0.2) is 4.68 Å². The van der Waals surface area contributed by atoms with E-state index >= 15 is 0 Å². The molecule has 1 aromatic carbocycles. The van der Waals surface area contributed by atoms with Gasteiger partial charge in [0.1, 0.15) is 0 Å². The molecule has 0 saturated carbocycles. The molecule has 18 heavy (non-hydrogen) atoms. The van der Waals surface area contributed by atoms with Crippen LogP contribution in [-0.4, -0.2) is 26.9 Å². The van der Waals surface area contributed by atoms with E-state index in [1.807, 2.05) is 0 Å². The number of rotatable bonds is 3. The number of hydrogen-bond donors (Lipinski definition) is 2. The number of nitro benzene ring substituents is 1. The van der Waals surface area contributed by atoms with E-state index in [0.29, 0.717) is 11.4 Å². The summed E-state index contributed by atoms with van der Waals surface area (Å²) in [5, 5.41) is 18.1. The maximum absolute atomic E-state index is 10.7. The van der Waals surface area contributed by atoms with Crippen molar-refractivity contribution in [1.29, 1.82) is 0 Å². The molecule has 0 radical (unpaired) electrons. The van der Waals surface area contributed by atoms with Gasteiger partial charge in [0.25, 0.3) is 0 Å². The Morgan fingerprint density at radius 3 is 2.67 bits per heavy atom. The summed E-state index contributed by atoms with van der Waals surface area (Å²) in [5.74, 6) is 6.06. The molecule has 0 atom stereocenters. The summed E-state index contributed by atoms with van der Waals surface area (Å²) in [7, 11) is 1.34. The molecule has 0 bridgehead atoms. The lowest BCUT2D eigenvalue weighted by Gasteiger charge is -2.05. The van der Waals surface area contributed by atoms with Crippen molar-refractivity contribution in [2.24, 2.45) is 0 Å². The number of methoxy groups -OCH3 is 1. The van der Waals surface area contributed by atoms with Crippen LogP contribution in [0.3, 0.4) is 0 Å². The van der Waals surface area contributed by atoms with Crippen molar-refractivity contribution in [2.45, 2.75) is 0 Å². The first kappa shape index (κ1) is 11.6. The maximum Gasteiger partial charge on any atom is 0.310 e. The second-order valence-electron chi connectivity index (χ2n) is 3.40. The highest BCUT2D eigenvalue weighted by Crippen LogP contribution is 2.31. The number of nitrogens with two attached hydrogens (primary N) is 2. The quantitative estimate of drug-likeness (QED) is 0.449. The van der Waals surface area contributed by atoms with Crippen molar-refractivity contribution in [3.8, 4) is 17.1 Å². The van der Waals surface area contributed by atoms with E-state index in [4.69, 9.17) is 16.3 Å². The number of aromatic nitrogens is 3. The Bertz CT molecular complexity index is 608. The first-order valence-electron chi connectivity index (χ1n) is 4.83. The van der Waals surface area contributed by atoms with E-state index in [1.165, 1.54) is 25.3 Å². The zero-order valence-corrected chi connectivity index (χ0v) is 9.40. The highest BCUT2D eigenvalue weighted by molar-refractivity contribution is 5.64. The van der Waals surface area contributed by atoms with Crippen LogP contribution in [0.1, 0.15) is 0 Å². The number of anilines is 1. The van der Waals surface area contributed by atoms with Crippen LogP contribution >= 0.6 is 0 Å². The van der Waals surface area contributed by atoms with Gasteiger partial charge in [0.15, 0.2) is 11.6 Å². The Morgan fingerprint density at radius 2 is 2.17 bits per heavy atom. The van der Waals surface area contributed by atoms with Crippen LogP contribution in [0.2, 0.25) is 0 Å². The summed E-state index contributed by atoms with van der Waals surface area (Å²) in [4.78, 5) is 10.2.